The Morgan fingerprint density at radius 1 is 0.434 bits per heavy atom. The number of nitrogens with zero attached hydrogens (tertiary/aromatic N) is 1. The molecule has 3 nitrogen and oxygen atoms in total. The van der Waals surface area contributed by atoms with Crippen LogP contribution < -0.4 is 0 Å². The van der Waals surface area contributed by atoms with Crippen LogP contribution >= 0.6 is 0 Å². The van der Waals surface area contributed by atoms with Crippen LogP contribution in [0.25, 0.3) is 0 Å². The number of unbranched alkanes of at least 4 members (excludes halogenated alkanes) is 16. The predicted molar refractivity (Wildman–Crippen MR) is 162 cm³/mol. The van der Waals surface area contributed by atoms with Crippen molar-refractivity contribution in [1.29, 1.82) is 0 Å². The zero-order chi connectivity index (χ0) is 41.4. The van der Waals surface area contributed by atoms with Crippen LogP contribution in [0.15, 0.2) is 0 Å². The van der Waals surface area contributed by atoms with Gasteiger partial charge in [0.15, 0.2) is 0 Å². The summed E-state index contributed by atoms with van der Waals surface area (Å²) in [5.74, 6) is -56.7. The number of amides is 1. The molecule has 0 atom stereocenters. The molecule has 0 saturated carbocycles. The van der Waals surface area contributed by atoms with Crippen molar-refractivity contribution in [3.05, 3.63) is 0 Å². The van der Waals surface area contributed by atoms with Crippen LogP contribution in [-0.4, -0.2) is 83.2 Å². The first-order valence-corrected chi connectivity index (χ1v) is 17.8. The molecular weight excluding hydrogens is 765 g/mol. The lowest BCUT2D eigenvalue weighted by molar-refractivity contribution is -0.461. The molecular formula is C33H50F17NO2. The summed E-state index contributed by atoms with van der Waals surface area (Å²) in [4.78, 5) is 13.8. The highest BCUT2D eigenvalue weighted by atomic mass is 19.4. The van der Waals surface area contributed by atoms with Crippen LogP contribution in [0, 0.1) is 0 Å². The third-order valence-corrected chi connectivity index (χ3v) is 8.92. The van der Waals surface area contributed by atoms with E-state index in [0.29, 0.717) is 6.42 Å². The average Bonchev–Trinajstić information content (AvgIpc) is 3.04. The minimum Gasteiger partial charge on any atom is -0.395 e. The van der Waals surface area contributed by atoms with Gasteiger partial charge in [0.25, 0.3) is 0 Å². The number of hydrogen-bond acceptors (Lipinski definition) is 2. The van der Waals surface area contributed by atoms with Gasteiger partial charge in [-0.25, -0.2) is 0 Å². The normalized spacial score (nSPS) is 14.2. The van der Waals surface area contributed by atoms with Crippen molar-refractivity contribution in [2.75, 3.05) is 19.7 Å². The first kappa shape index (κ1) is 51.2. The molecule has 0 saturated heterocycles. The number of carbonyl (C=O) groups is 1. The molecule has 0 aliphatic carbocycles. The molecule has 0 aromatic heterocycles. The lowest BCUT2D eigenvalue weighted by Gasteiger charge is -2.42. The van der Waals surface area contributed by atoms with Crippen molar-refractivity contribution >= 4 is 5.91 Å². The lowest BCUT2D eigenvalue weighted by atomic mass is 9.87. The number of aliphatic hydroxyl groups excluding tert-OH is 1. The molecule has 0 aromatic rings. The summed E-state index contributed by atoms with van der Waals surface area (Å²) < 4.78 is 228. The summed E-state index contributed by atoms with van der Waals surface area (Å²) in [6.07, 6.45) is 2.86. The van der Waals surface area contributed by atoms with Crippen molar-refractivity contribution in [1.82, 2.24) is 4.90 Å². The number of hydrogen-bond donors (Lipinski definition) is 1. The van der Waals surface area contributed by atoms with Gasteiger partial charge in [-0.1, -0.05) is 103 Å². The Labute approximate surface area is 298 Å². The van der Waals surface area contributed by atoms with Crippen LogP contribution in [0.4, 0.5) is 74.6 Å². The summed E-state index contributed by atoms with van der Waals surface area (Å²) in [6.45, 7) is 2.04. The maximum atomic E-state index is 14.1. The van der Waals surface area contributed by atoms with Gasteiger partial charge < -0.3 is 10.0 Å². The molecule has 0 spiro atoms. The van der Waals surface area contributed by atoms with Crippen LogP contribution in [0.1, 0.15) is 135 Å². The van der Waals surface area contributed by atoms with E-state index in [0.717, 1.165) is 32.1 Å². The molecule has 0 bridgehead atoms. The molecule has 0 fully saturated rings. The van der Waals surface area contributed by atoms with Crippen molar-refractivity contribution in [2.24, 2.45) is 0 Å². The topological polar surface area (TPSA) is 40.5 Å². The second-order valence-electron chi connectivity index (χ2n) is 13.3. The van der Waals surface area contributed by atoms with E-state index in [1.807, 2.05) is 0 Å². The zero-order valence-electron chi connectivity index (χ0n) is 29.5. The van der Waals surface area contributed by atoms with E-state index in [9.17, 15) is 84.5 Å². The summed E-state index contributed by atoms with van der Waals surface area (Å²) >= 11 is 0. The van der Waals surface area contributed by atoms with Crippen molar-refractivity contribution < 1.29 is 84.5 Å². The van der Waals surface area contributed by atoms with Gasteiger partial charge in [0, 0.05) is 25.9 Å². The smallest absolute Gasteiger partial charge is 0.395 e. The van der Waals surface area contributed by atoms with Gasteiger partial charge in [0.1, 0.15) is 0 Å². The highest BCUT2D eigenvalue weighted by Gasteiger charge is 2.95. The van der Waals surface area contributed by atoms with Gasteiger partial charge in [-0.05, 0) is 19.3 Å². The molecule has 0 radical (unpaired) electrons. The molecule has 0 aromatic carbocycles. The second kappa shape index (κ2) is 21.5. The van der Waals surface area contributed by atoms with E-state index in [1.165, 1.54) is 56.3 Å². The molecule has 318 valence electrons. The fraction of sp³-hybridized carbons (Fsp3) is 0.970. The Kier molecular flexibility index (Phi) is 20.8. The maximum Gasteiger partial charge on any atom is 0.460 e. The summed E-state index contributed by atoms with van der Waals surface area (Å²) in [7, 11) is 0. The minimum atomic E-state index is -8.63. The highest BCUT2D eigenvalue weighted by Crippen LogP contribution is 2.64. The van der Waals surface area contributed by atoms with E-state index in [4.69, 9.17) is 0 Å². The van der Waals surface area contributed by atoms with E-state index >= 15 is 0 Å². The Balaban J connectivity index is 4.87. The monoisotopic (exact) mass is 815 g/mol. The molecule has 0 aliphatic rings. The van der Waals surface area contributed by atoms with Crippen LogP contribution in [0.3, 0.4) is 0 Å². The molecule has 0 aliphatic heterocycles. The predicted octanol–water partition coefficient (Wildman–Crippen LogP) is 12.6. The number of alkyl halides is 17. The fourth-order valence-corrected chi connectivity index (χ4v) is 5.47. The Morgan fingerprint density at radius 2 is 0.774 bits per heavy atom. The van der Waals surface area contributed by atoms with Crippen molar-refractivity contribution in [2.45, 2.75) is 183 Å². The number of carbonyl (C=O) groups excluding carboxylic acids is 1. The first-order chi connectivity index (χ1) is 24.2. The molecule has 0 heterocycles. The van der Waals surface area contributed by atoms with Gasteiger partial charge in [-0.3, -0.25) is 4.79 Å². The summed E-state index contributed by atoms with van der Waals surface area (Å²) in [5, 5.41) is 9.26. The number of aliphatic hydroxyl groups is 1. The first-order valence-electron chi connectivity index (χ1n) is 17.8. The highest BCUT2D eigenvalue weighted by molar-refractivity contribution is 5.76. The Bertz CT molecular complexity index is 1040. The standard InChI is InChI=1S/C33H50F17NO2/c1-2-3-4-5-6-7-8-9-10-11-12-13-16-19-22-51(23-24-52)25(53)20-17-14-15-18-21-26(34,35)27(36,37)28(38,39)29(40,41)30(42,43)31(44,45)32(46,47)33(48,49)50/h52H,2-24H2,1H3. The lowest BCUT2D eigenvalue weighted by Crippen LogP contribution is -2.74. The third-order valence-electron chi connectivity index (χ3n) is 8.92. The quantitative estimate of drug-likeness (QED) is 0.0580. The van der Waals surface area contributed by atoms with Gasteiger partial charge in [0.2, 0.25) is 5.91 Å². The molecule has 53 heavy (non-hydrogen) atoms. The van der Waals surface area contributed by atoms with Gasteiger partial charge in [-0.15, -0.1) is 0 Å². The van der Waals surface area contributed by atoms with Crippen LogP contribution in [-0.2, 0) is 4.79 Å². The molecule has 0 unspecified atom stereocenters. The largest absolute Gasteiger partial charge is 0.460 e. The minimum absolute atomic E-state index is 0.0315. The van der Waals surface area contributed by atoms with Gasteiger partial charge in [0.05, 0.1) is 6.61 Å². The van der Waals surface area contributed by atoms with Crippen molar-refractivity contribution in [3.63, 3.8) is 0 Å². The van der Waals surface area contributed by atoms with Crippen LogP contribution in [0.2, 0.25) is 0 Å². The van der Waals surface area contributed by atoms with Crippen LogP contribution in [0.5, 0.6) is 0 Å². The van der Waals surface area contributed by atoms with Gasteiger partial charge in [-0.2, -0.15) is 74.6 Å². The van der Waals surface area contributed by atoms with E-state index in [1.54, 1.807) is 0 Å². The van der Waals surface area contributed by atoms with Gasteiger partial charge >= 0.3 is 47.6 Å². The average molecular weight is 816 g/mol. The Morgan fingerprint density at radius 3 is 1.17 bits per heavy atom. The molecule has 20 heteroatoms. The Hall–Kier alpha value is -1.76. The SMILES string of the molecule is CCCCCCCCCCCCCCCCN(CCO)C(=O)CCCCCCC(F)(F)C(F)(F)C(F)(F)C(F)(F)C(F)(F)C(F)(F)C(F)(F)C(F)(F)F. The molecule has 0 rings (SSSR count). The van der Waals surface area contributed by atoms with E-state index < -0.39 is 72.8 Å². The zero-order valence-corrected chi connectivity index (χ0v) is 29.5. The fourth-order valence-electron chi connectivity index (χ4n) is 5.47. The second-order valence-corrected chi connectivity index (χ2v) is 13.3. The number of rotatable bonds is 30. The maximum absolute atomic E-state index is 14.1. The molecule has 1 N–H and O–H groups in total. The van der Waals surface area contributed by atoms with E-state index in [2.05, 4.69) is 6.92 Å². The number of halogens is 17. The van der Waals surface area contributed by atoms with Crippen molar-refractivity contribution in [3.8, 4) is 0 Å². The summed E-state index contributed by atoms with van der Waals surface area (Å²) in [5.41, 5.74) is 0. The summed E-state index contributed by atoms with van der Waals surface area (Å²) in [6, 6.07) is 0. The third kappa shape index (κ3) is 13.2. The molecule has 1 amide bonds. The van der Waals surface area contributed by atoms with E-state index in [-0.39, 0.29) is 39.0 Å².